The van der Waals surface area contributed by atoms with Crippen LogP contribution in [0, 0.1) is 0 Å². The van der Waals surface area contributed by atoms with Gasteiger partial charge in [0.15, 0.2) is 5.75 Å². The highest BCUT2D eigenvalue weighted by Gasteiger charge is 2.20. The molecule has 6 aromatic rings. The highest BCUT2D eigenvalue weighted by Crippen LogP contribution is 2.35. The Balaban J connectivity index is 1.19. The molecule has 0 saturated heterocycles. The van der Waals surface area contributed by atoms with Gasteiger partial charge in [0, 0.05) is 16.5 Å². The molecule has 0 spiro atoms. The third kappa shape index (κ3) is 7.23. The van der Waals surface area contributed by atoms with Crippen molar-refractivity contribution in [2.24, 2.45) is 0 Å². The van der Waals surface area contributed by atoms with Crippen LogP contribution in [0.3, 0.4) is 0 Å². The van der Waals surface area contributed by atoms with Gasteiger partial charge in [-0.1, -0.05) is 84.7 Å². The second-order valence-corrected chi connectivity index (χ2v) is 13.5. The van der Waals surface area contributed by atoms with E-state index < -0.39 is 16.0 Å². The van der Waals surface area contributed by atoms with Crippen molar-refractivity contribution in [1.82, 2.24) is 9.97 Å². The molecule has 0 aliphatic carbocycles. The molecule has 1 unspecified atom stereocenters. The lowest BCUT2D eigenvalue weighted by molar-refractivity contribution is 0.0697. The summed E-state index contributed by atoms with van der Waals surface area (Å²) in [5, 5.41) is 10.6. The van der Waals surface area contributed by atoms with Crippen LogP contribution in [0.5, 0.6) is 11.5 Å². The normalized spacial score (nSPS) is 12.0. The molecule has 0 aliphatic rings. The lowest BCUT2D eigenvalue weighted by Crippen LogP contribution is -2.14. The number of aromatic carboxylic acids is 1. The first-order chi connectivity index (χ1) is 23.1. The summed E-state index contributed by atoms with van der Waals surface area (Å²) in [5.41, 5.74) is 4.63. The van der Waals surface area contributed by atoms with E-state index in [0.717, 1.165) is 40.2 Å². The minimum absolute atomic E-state index is 0.00355. The number of nitrogens with zero attached hydrogens (tertiary/aromatic N) is 1. The van der Waals surface area contributed by atoms with Gasteiger partial charge in [-0.3, -0.25) is 4.72 Å². The molecule has 0 aliphatic heterocycles. The lowest BCUT2D eigenvalue weighted by atomic mass is 9.93. The SMILES string of the molecule is CCC(c1ccc(-c2ccc(Oc3ccc(C(=O)O)cc3NS(=O)(=O)c3ccccc3)cc2)cc1)c1ncc(-c2ccc(Cl)cc2Cl)[nH]1. The van der Waals surface area contributed by atoms with Crippen LogP contribution >= 0.6 is 23.2 Å². The summed E-state index contributed by atoms with van der Waals surface area (Å²) in [7, 11) is -4.00. The largest absolute Gasteiger partial charge is 0.478 e. The molecule has 8 nitrogen and oxygen atoms in total. The molecule has 0 saturated carbocycles. The molecule has 6 rings (SSSR count). The van der Waals surface area contributed by atoms with Gasteiger partial charge in [0.2, 0.25) is 0 Å². The number of hydrogen-bond donors (Lipinski definition) is 3. The molecule has 0 radical (unpaired) electrons. The second kappa shape index (κ2) is 13.9. The van der Waals surface area contributed by atoms with Crippen molar-refractivity contribution in [1.29, 1.82) is 0 Å². The summed E-state index contributed by atoms with van der Waals surface area (Å²) in [6.07, 6.45) is 2.62. The fraction of sp³-hybridized carbons (Fsp3) is 0.0811. The smallest absolute Gasteiger partial charge is 0.335 e. The summed E-state index contributed by atoms with van der Waals surface area (Å²) >= 11 is 12.5. The number of ether oxygens (including phenoxy) is 1. The average molecular weight is 699 g/mol. The molecule has 3 N–H and O–H groups in total. The molecule has 0 bridgehead atoms. The van der Waals surface area contributed by atoms with Crippen LogP contribution < -0.4 is 9.46 Å². The van der Waals surface area contributed by atoms with Crippen molar-refractivity contribution in [2.75, 3.05) is 4.72 Å². The Morgan fingerprint density at radius 1 is 0.896 bits per heavy atom. The zero-order valence-electron chi connectivity index (χ0n) is 25.5. The van der Waals surface area contributed by atoms with Crippen LogP contribution in [0.2, 0.25) is 10.0 Å². The number of anilines is 1. The van der Waals surface area contributed by atoms with Gasteiger partial charge in [-0.2, -0.15) is 0 Å². The number of carboxylic acid groups (broad SMARTS) is 1. The predicted octanol–water partition coefficient (Wildman–Crippen LogP) is 9.88. The minimum Gasteiger partial charge on any atom is -0.478 e. The highest BCUT2D eigenvalue weighted by molar-refractivity contribution is 7.92. The third-order valence-corrected chi connectivity index (χ3v) is 9.74. The zero-order chi connectivity index (χ0) is 33.8. The summed E-state index contributed by atoms with van der Waals surface area (Å²) in [6, 6.07) is 32.8. The molecule has 48 heavy (non-hydrogen) atoms. The Hall–Kier alpha value is -5.09. The first-order valence-corrected chi connectivity index (χ1v) is 17.2. The van der Waals surface area contributed by atoms with E-state index in [9.17, 15) is 18.3 Å². The number of imidazole rings is 1. The Labute approximate surface area is 288 Å². The van der Waals surface area contributed by atoms with Gasteiger partial charge in [0.25, 0.3) is 10.0 Å². The molecule has 11 heteroatoms. The Kier molecular flexibility index (Phi) is 9.54. The number of halogens is 2. The van der Waals surface area contributed by atoms with Crippen LogP contribution in [0.1, 0.15) is 41.0 Å². The van der Waals surface area contributed by atoms with Crippen molar-refractivity contribution < 1.29 is 23.1 Å². The number of nitrogens with one attached hydrogen (secondary N) is 2. The zero-order valence-corrected chi connectivity index (χ0v) is 27.9. The van der Waals surface area contributed by atoms with Crippen LogP contribution in [0.4, 0.5) is 5.69 Å². The maximum absolute atomic E-state index is 13.0. The standard InChI is InChI=1S/C37H29Cl2N3O5S/c1-2-30(36-40-22-34(41-36)31-18-15-27(38)21-32(31)39)25-10-8-23(9-11-25)24-12-16-28(17-13-24)47-35-19-14-26(37(43)44)20-33(35)42-48(45,46)29-6-4-3-5-7-29/h3-22,30,42H,2H2,1H3,(H,40,41)(H,43,44). The van der Waals surface area contributed by atoms with E-state index in [-0.39, 0.29) is 27.8 Å². The predicted molar refractivity (Wildman–Crippen MR) is 189 cm³/mol. The highest BCUT2D eigenvalue weighted by atomic mass is 35.5. The topological polar surface area (TPSA) is 121 Å². The lowest BCUT2D eigenvalue weighted by Gasteiger charge is -2.15. The van der Waals surface area contributed by atoms with E-state index in [1.54, 1.807) is 48.7 Å². The van der Waals surface area contributed by atoms with E-state index in [2.05, 4.69) is 45.9 Å². The molecular formula is C37H29Cl2N3O5S. The van der Waals surface area contributed by atoms with Gasteiger partial charge >= 0.3 is 5.97 Å². The van der Waals surface area contributed by atoms with E-state index in [4.69, 9.17) is 27.9 Å². The van der Waals surface area contributed by atoms with Crippen molar-refractivity contribution in [2.45, 2.75) is 24.2 Å². The summed E-state index contributed by atoms with van der Waals surface area (Å²) in [6.45, 7) is 2.11. The number of rotatable bonds is 11. The maximum Gasteiger partial charge on any atom is 0.335 e. The van der Waals surface area contributed by atoms with Gasteiger partial charge in [-0.15, -0.1) is 0 Å². The van der Waals surface area contributed by atoms with E-state index >= 15 is 0 Å². The number of benzene rings is 5. The quantitative estimate of drug-likeness (QED) is 0.124. The average Bonchev–Trinajstić information content (AvgIpc) is 3.56. The van der Waals surface area contributed by atoms with Crippen molar-refractivity contribution in [3.63, 3.8) is 0 Å². The van der Waals surface area contributed by atoms with Crippen LogP contribution in [-0.4, -0.2) is 29.5 Å². The number of carbonyl (C=O) groups is 1. The van der Waals surface area contributed by atoms with E-state index in [1.807, 2.05) is 18.2 Å². The van der Waals surface area contributed by atoms with Crippen LogP contribution in [0.25, 0.3) is 22.4 Å². The fourth-order valence-electron chi connectivity index (χ4n) is 5.33. The molecule has 1 atom stereocenters. The van der Waals surface area contributed by atoms with Gasteiger partial charge in [0.05, 0.1) is 33.1 Å². The second-order valence-electron chi connectivity index (χ2n) is 11.0. The van der Waals surface area contributed by atoms with Gasteiger partial charge in [-0.25, -0.2) is 18.2 Å². The molecule has 5 aromatic carbocycles. The number of H-pyrrole nitrogens is 1. The number of aromatic nitrogens is 2. The molecule has 242 valence electrons. The van der Waals surface area contributed by atoms with Crippen LogP contribution in [0.15, 0.2) is 126 Å². The molecule has 0 amide bonds. The minimum atomic E-state index is -4.00. The first-order valence-electron chi connectivity index (χ1n) is 14.9. The van der Waals surface area contributed by atoms with Crippen molar-refractivity contribution >= 4 is 44.9 Å². The number of sulfonamides is 1. The summed E-state index contributed by atoms with van der Waals surface area (Å²) in [5.74, 6) is 0.296. The fourth-order valence-corrected chi connectivity index (χ4v) is 6.92. The van der Waals surface area contributed by atoms with Gasteiger partial charge in [0.1, 0.15) is 11.6 Å². The molecule has 0 fully saturated rings. The first kappa shape index (κ1) is 32.8. The number of carboxylic acids is 1. The molecular weight excluding hydrogens is 669 g/mol. The Morgan fingerprint density at radius 3 is 2.23 bits per heavy atom. The summed E-state index contributed by atoms with van der Waals surface area (Å²) < 4.78 is 34.5. The van der Waals surface area contributed by atoms with Crippen molar-refractivity contribution in [3.8, 4) is 33.9 Å². The van der Waals surface area contributed by atoms with Crippen molar-refractivity contribution in [3.05, 3.63) is 148 Å². The maximum atomic E-state index is 13.0. The third-order valence-electron chi connectivity index (χ3n) is 7.81. The number of aromatic amines is 1. The Bertz CT molecular complexity index is 2190. The number of hydrogen-bond acceptors (Lipinski definition) is 5. The van der Waals surface area contributed by atoms with E-state index in [0.29, 0.717) is 15.8 Å². The van der Waals surface area contributed by atoms with Gasteiger partial charge < -0.3 is 14.8 Å². The Morgan fingerprint density at radius 2 is 1.58 bits per heavy atom. The molecule has 1 aromatic heterocycles. The summed E-state index contributed by atoms with van der Waals surface area (Å²) in [4.78, 5) is 19.7. The van der Waals surface area contributed by atoms with E-state index in [1.165, 1.54) is 30.3 Å². The monoisotopic (exact) mass is 697 g/mol. The van der Waals surface area contributed by atoms with Gasteiger partial charge in [-0.05, 0) is 83.8 Å². The molecule has 1 heterocycles. The van der Waals surface area contributed by atoms with Crippen LogP contribution in [-0.2, 0) is 10.0 Å².